The number of hydrogen-bond donors (Lipinski definition) is 0. The molecule has 26 heavy (non-hydrogen) atoms. The molecule has 0 saturated carbocycles. The molecule has 0 N–H and O–H groups in total. The molecule has 1 aliphatic rings. The van der Waals surface area contributed by atoms with Crippen molar-refractivity contribution in [3.8, 4) is 16.9 Å². The van der Waals surface area contributed by atoms with Crippen LogP contribution < -0.4 is 0 Å². The van der Waals surface area contributed by atoms with Gasteiger partial charge in [0, 0.05) is 24.8 Å². The first-order chi connectivity index (χ1) is 12.7. The summed E-state index contributed by atoms with van der Waals surface area (Å²) in [5.41, 5.74) is 4.57. The van der Waals surface area contributed by atoms with Gasteiger partial charge >= 0.3 is 0 Å². The molecule has 1 fully saturated rings. The Morgan fingerprint density at radius 1 is 0.923 bits per heavy atom. The van der Waals surface area contributed by atoms with Crippen LogP contribution in [0.4, 0.5) is 0 Å². The second-order valence-corrected chi connectivity index (χ2v) is 6.89. The highest BCUT2D eigenvalue weighted by atomic mass is 16.2. The molecule has 0 radical (unpaired) electrons. The van der Waals surface area contributed by atoms with Crippen molar-refractivity contribution in [2.24, 2.45) is 0 Å². The largest absolute Gasteiger partial charge is 0.339 e. The number of hydrogen-bond acceptors (Lipinski definition) is 2. The fourth-order valence-electron chi connectivity index (χ4n) is 3.44. The van der Waals surface area contributed by atoms with Crippen LogP contribution in [0.25, 0.3) is 16.9 Å². The van der Waals surface area contributed by atoms with E-state index in [0.29, 0.717) is 5.56 Å². The molecule has 2 heterocycles. The summed E-state index contributed by atoms with van der Waals surface area (Å²) in [6, 6.07) is 18.1. The molecule has 1 aliphatic heterocycles. The van der Waals surface area contributed by atoms with E-state index in [1.54, 1.807) is 0 Å². The van der Waals surface area contributed by atoms with Crippen LogP contribution in [0.5, 0.6) is 0 Å². The predicted molar refractivity (Wildman–Crippen MR) is 103 cm³/mol. The average molecular weight is 345 g/mol. The summed E-state index contributed by atoms with van der Waals surface area (Å²) in [6.45, 7) is 3.74. The van der Waals surface area contributed by atoms with Gasteiger partial charge in [0.25, 0.3) is 5.91 Å². The number of carbonyl (C=O) groups is 1. The van der Waals surface area contributed by atoms with Crippen molar-refractivity contribution < 1.29 is 4.79 Å². The second kappa shape index (κ2) is 7.16. The number of likely N-dealkylation sites (tertiary alicyclic amines) is 1. The molecule has 4 heteroatoms. The van der Waals surface area contributed by atoms with Crippen molar-refractivity contribution in [2.75, 3.05) is 13.1 Å². The van der Waals surface area contributed by atoms with Crippen molar-refractivity contribution in [1.82, 2.24) is 14.7 Å². The minimum atomic E-state index is 0.0851. The molecule has 1 saturated heterocycles. The third kappa shape index (κ3) is 3.27. The van der Waals surface area contributed by atoms with E-state index in [4.69, 9.17) is 5.10 Å². The van der Waals surface area contributed by atoms with Crippen molar-refractivity contribution in [3.63, 3.8) is 0 Å². The number of nitrogens with zero attached hydrogens (tertiary/aromatic N) is 3. The van der Waals surface area contributed by atoms with Gasteiger partial charge in [-0.15, -0.1) is 0 Å². The van der Waals surface area contributed by atoms with Crippen molar-refractivity contribution in [1.29, 1.82) is 0 Å². The smallest absolute Gasteiger partial charge is 0.257 e. The molecule has 3 aromatic rings. The van der Waals surface area contributed by atoms with Gasteiger partial charge in [-0.2, -0.15) is 5.10 Å². The van der Waals surface area contributed by atoms with Crippen LogP contribution in [-0.4, -0.2) is 33.7 Å². The summed E-state index contributed by atoms with van der Waals surface area (Å²) in [5.74, 6) is 0.0851. The molecular formula is C22H23N3O. The predicted octanol–water partition coefficient (Wildman–Crippen LogP) is 4.47. The normalized spacial score (nSPS) is 14.4. The van der Waals surface area contributed by atoms with Gasteiger partial charge in [-0.3, -0.25) is 4.79 Å². The van der Waals surface area contributed by atoms with Gasteiger partial charge in [0.1, 0.15) is 5.69 Å². The van der Waals surface area contributed by atoms with Gasteiger partial charge in [0.15, 0.2) is 0 Å². The van der Waals surface area contributed by atoms with E-state index >= 15 is 0 Å². The van der Waals surface area contributed by atoms with Gasteiger partial charge in [0.2, 0.25) is 0 Å². The fraction of sp³-hybridized carbons (Fsp3) is 0.273. The molecule has 132 valence electrons. The summed E-state index contributed by atoms with van der Waals surface area (Å²) in [6.07, 6.45) is 5.25. The zero-order chi connectivity index (χ0) is 17.9. The maximum Gasteiger partial charge on any atom is 0.257 e. The highest BCUT2D eigenvalue weighted by Gasteiger charge is 2.24. The maximum absolute atomic E-state index is 13.2. The lowest BCUT2D eigenvalue weighted by Gasteiger charge is -2.26. The molecule has 0 unspecified atom stereocenters. The first-order valence-electron chi connectivity index (χ1n) is 9.24. The van der Waals surface area contributed by atoms with Gasteiger partial charge in [-0.25, -0.2) is 4.68 Å². The van der Waals surface area contributed by atoms with E-state index in [-0.39, 0.29) is 5.91 Å². The number of amides is 1. The average Bonchev–Trinajstić information content (AvgIpc) is 3.15. The Labute approximate surface area is 154 Å². The minimum absolute atomic E-state index is 0.0851. The molecule has 2 aromatic carbocycles. The number of rotatable bonds is 3. The lowest BCUT2D eigenvalue weighted by molar-refractivity contribution is 0.0725. The van der Waals surface area contributed by atoms with Crippen molar-refractivity contribution >= 4 is 5.91 Å². The molecule has 1 aromatic heterocycles. The molecule has 0 spiro atoms. The van der Waals surface area contributed by atoms with Crippen molar-refractivity contribution in [3.05, 3.63) is 71.9 Å². The van der Waals surface area contributed by atoms with E-state index in [0.717, 1.165) is 42.9 Å². The Morgan fingerprint density at radius 3 is 2.31 bits per heavy atom. The van der Waals surface area contributed by atoms with Crippen LogP contribution >= 0.6 is 0 Å². The van der Waals surface area contributed by atoms with E-state index in [1.165, 1.54) is 12.0 Å². The van der Waals surface area contributed by atoms with Crippen LogP contribution in [0.15, 0.2) is 60.8 Å². The van der Waals surface area contributed by atoms with E-state index < -0.39 is 0 Å². The lowest BCUT2D eigenvalue weighted by atomic mass is 10.1. The highest BCUT2D eigenvalue weighted by Crippen LogP contribution is 2.26. The van der Waals surface area contributed by atoms with E-state index in [9.17, 15) is 4.79 Å². The van der Waals surface area contributed by atoms with Crippen LogP contribution in [0.2, 0.25) is 0 Å². The summed E-state index contributed by atoms with van der Waals surface area (Å²) >= 11 is 0. The molecule has 0 bridgehead atoms. The molecule has 4 rings (SSSR count). The SMILES string of the molecule is Cc1ccc(-n2cc(C(=O)N3CCCCC3)c(-c3ccccc3)n2)cc1. The van der Waals surface area contributed by atoms with Crippen LogP contribution in [0, 0.1) is 6.92 Å². The van der Waals surface area contributed by atoms with Crippen LogP contribution in [0.3, 0.4) is 0 Å². The van der Waals surface area contributed by atoms with E-state index in [2.05, 4.69) is 19.1 Å². The maximum atomic E-state index is 13.2. The Balaban J connectivity index is 1.77. The van der Waals surface area contributed by atoms with Gasteiger partial charge < -0.3 is 4.90 Å². The molecular weight excluding hydrogens is 322 g/mol. The molecule has 0 atom stereocenters. The topological polar surface area (TPSA) is 38.1 Å². The summed E-state index contributed by atoms with van der Waals surface area (Å²) in [7, 11) is 0. The van der Waals surface area contributed by atoms with E-state index in [1.807, 2.05) is 58.2 Å². The molecule has 0 aliphatic carbocycles. The monoisotopic (exact) mass is 345 g/mol. The number of aromatic nitrogens is 2. The fourth-order valence-corrected chi connectivity index (χ4v) is 3.44. The van der Waals surface area contributed by atoms with Crippen LogP contribution in [-0.2, 0) is 0 Å². The van der Waals surface area contributed by atoms with Crippen molar-refractivity contribution in [2.45, 2.75) is 26.2 Å². The number of piperidine rings is 1. The third-order valence-corrected chi connectivity index (χ3v) is 4.93. The van der Waals surface area contributed by atoms with Gasteiger partial charge in [0.05, 0.1) is 11.3 Å². The second-order valence-electron chi connectivity index (χ2n) is 6.89. The quantitative estimate of drug-likeness (QED) is 0.702. The number of benzene rings is 2. The summed E-state index contributed by atoms with van der Waals surface area (Å²) in [4.78, 5) is 15.1. The Kier molecular flexibility index (Phi) is 4.57. The number of carbonyl (C=O) groups excluding carboxylic acids is 1. The zero-order valence-corrected chi connectivity index (χ0v) is 15.1. The Morgan fingerprint density at radius 2 is 1.62 bits per heavy atom. The van der Waals surface area contributed by atoms with Gasteiger partial charge in [-0.05, 0) is 38.3 Å². The third-order valence-electron chi connectivity index (χ3n) is 4.93. The van der Waals surface area contributed by atoms with Gasteiger partial charge in [-0.1, -0.05) is 48.0 Å². The summed E-state index contributed by atoms with van der Waals surface area (Å²) < 4.78 is 1.82. The molecule has 1 amide bonds. The lowest BCUT2D eigenvalue weighted by Crippen LogP contribution is -2.35. The zero-order valence-electron chi connectivity index (χ0n) is 15.1. The Bertz CT molecular complexity index is 891. The summed E-state index contributed by atoms with van der Waals surface area (Å²) in [5, 5.41) is 4.77. The minimum Gasteiger partial charge on any atom is -0.339 e. The highest BCUT2D eigenvalue weighted by molar-refractivity contribution is 6.00. The number of aryl methyl sites for hydroxylation is 1. The standard InChI is InChI=1S/C22H23N3O/c1-17-10-12-19(13-11-17)25-16-20(22(26)24-14-6-3-7-15-24)21(23-25)18-8-4-2-5-9-18/h2,4-5,8-13,16H,3,6-7,14-15H2,1H3. The first-order valence-corrected chi connectivity index (χ1v) is 9.24. The van der Waals surface area contributed by atoms with Crippen LogP contribution in [0.1, 0.15) is 35.2 Å². The first kappa shape index (κ1) is 16.6. The molecule has 4 nitrogen and oxygen atoms in total. The Hall–Kier alpha value is -2.88.